The van der Waals surface area contributed by atoms with Gasteiger partial charge in [-0.2, -0.15) is 24.4 Å². The number of hydrogen-bond donors (Lipinski definition) is 1. The molecule has 0 saturated carbocycles. The van der Waals surface area contributed by atoms with Crippen molar-refractivity contribution in [3.63, 3.8) is 0 Å². The molecule has 0 radical (unpaired) electrons. The summed E-state index contributed by atoms with van der Waals surface area (Å²) in [5.41, 5.74) is 0. The zero-order valence-electron chi connectivity index (χ0n) is 7.99. The molecule has 1 nitrogen and oxygen atoms in total. The third kappa shape index (κ3) is 3.19. The summed E-state index contributed by atoms with van der Waals surface area (Å²) in [5, 5.41) is 0.880. The van der Waals surface area contributed by atoms with Crippen molar-refractivity contribution in [3.05, 3.63) is 0 Å². The van der Waals surface area contributed by atoms with Gasteiger partial charge in [0, 0.05) is 29.3 Å². The van der Waals surface area contributed by atoms with Gasteiger partial charge in [-0.3, -0.25) is 0 Å². The maximum Gasteiger partial charge on any atom is 0.0184 e. The maximum atomic E-state index is 4.25. The number of hydrogen-bond acceptors (Lipinski definition) is 3. The Kier molecular flexibility index (Phi) is 4.84. The van der Waals surface area contributed by atoms with Crippen LogP contribution in [0.15, 0.2) is 0 Å². The van der Waals surface area contributed by atoms with E-state index < -0.39 is 0 Å². The van der Waals surface area contributed by atoms with Crippen molar-refractivity contribution in [2.45, 2.75) is 31.1 Å². The van der Waals surface area contributed by atoms with Crippen LogP contribution in [-0.2, 0) is 0 Å². The summed E-state index contributed by atoms with van der Waals surface area (Å²) < 4.78 is 0. The first-order chi connectivity index (χ1) is 5.74. The Balaban J connectivity index is 2.24. The van der Waals surface area contributed by atoms with E-state index in [0.29, 0.717) is 0 Å². The van der Waals surface area contributed by atoms with E-state index in [2.05, 4.69) is 43.3 Å². The summed E-state index contributed by atoms with van der Waals surface area (Å²) in [4.78, 5) is 2.45. The van der Waals surface area contributed by atoms with Crippen LogP contribution in [0.5, 0.6) is 0 Å². The second kappa shape index (κ2) is 5.40. The van der Waals surface area contributed by atoms with Crippen molar-refractivity contribution in [1.82, 2.24) is 4.90 Å². The zero-order chi connectivity index (χ0) is 8.97. The first-order valence-electron chi connectivity index (χ1n) is 4.66. The van der Waals surface area contributed by atoms with Gasteiger partial charge < -0.3 is 4.90 Å². The standard InChI is InChI=1S/C9H19NS2/c1-8-3-4-9(7-12-8)10(2)5-6-11/h8-9,11H,3-7H2,1-2H3. The van der Waals surface area contributed by atoms with Crippen LogP contribution < -0.4 is 0 Å². The number of thioether (sulfide) groups is 1. The molecule has 0 amide bonds. The molecule has 1 heterocycles. The van der Waals surface area contributed by atoms with E-state index in [0.717, 1.165) is 23.6 Å². The van der Waals surface area contributed by atoms with Gasteiger partial charge in [0.25, 0.3) is 0 Å². The average molecular weight is 205 g/mol. The molecule has 0 aromatic rings. The van der Waals surface area contributed by atoms with Gasteiger partial charge in [0.05, 0.1) is 0 Å². The molecule has 1 saturated heterocycles. The summed E-state index contributed by atoms with van der Waals surface area (Å²) in [6.07, 6.45) is 2.75. The Bertz CT molecular complexity index is 122. The van der Waals surface area contributed by atoms with Crippen LogP contribution in [0.4, 0.5) is 0 Å². The molecule has 72 valence electrons. The minimum Gasteiger partial charge on any atom is -0.302 e. The van der Waals surface area contributed by atoms with E-state index >= 15 is 0 Å². The van der Waals surface area contributed by atoms with Gasteiger partial charge in [0.15, 0.2) is 0 Å². The molecular weight excluding hydrogens is 186 g/mol. The normalized spacial score (nSPS) is 31.0. The van der Waals surface area contributed by atoms with E-state index in [1.165, 1.54) is 18.6 Å². The Morgan fingerprint density at radius 2 is 2.25 bits per heavy atom. The molecule has 2 atom stereocenters. The molecule has 0 aliphatic carbocycles. The van der Waals surface area contributed by atoms with Gasteiger partial charge in [0.1, 0.15) is 0 Å². The van der Waals surface area contributed by atoms with E-state index in [-0.39, 0.29) is 0 Å². The largest absolute Gasteiger partial charge is 0.302 e. The van der Waals surface area contributed by atoms with Crippen LogP contribution in [0.2, 0.25) is 0 Å². The molecule has 1 aliphatic rings. The summed E-state index contributed by atoms with van der Waals surface area (Å²) in [6, 6.07) is 0.804. The molecule has 0 spiro atoms. The van der Waals surface area contributed by atoms with Crippen molar-refractivity contribution < 1.29 is 0 Å². The van der Waals surface area contributed by atoms with E-state index in [4.69, 9.17) is 0 Å². The summed E-state index contributed by atoms with van der Waals surface area (Å²) in [6.45, 7) is 3.46. The number of nitrogens with zero attached hydrogens (tertiary/aromatic N) is 1. The number of thiol groups is 1. The fraction of sp³-hybridized carbons (Fsp3) is 1.00. The molecule has 0 N–H and O–H groups in total. The molecule has 12 heavy (non-hydrogen) atoms. The lowest BCUT2D eigenvalue weighted by Gasteiger charge is -2.32. The lowest BCUT2D eigenvalue weighted by molar-refractivity contribution is 0.257. The zero-order valence-corrected chi connectivity index (χ0v) is 9.70. The molecule has 0 aromatic carbocycles. The lowest BCUT2D eigenvalue weighted by atomic mass is 10.1. The Labute approximate surface area is 85.7 Å². The maximum absolute atomic E-state index is 4.25. The van der Waals surface area contributed by atoms with Gasteiger partial charge in [-0.25, -0.2) is 0 Å². The topological polar surface area (TPSA) is 3.24 Å². The SMILES string of the molecule is CC1CCC(N(C)CCS)CS1. The second-order valence-electron chi connectivity index (χ2n) is 3.58. The van der Waals surface area contributed by atoms with Crippen molar-refractivity contribution in [2.24, 2.45) is 0 Å². The van der Waals surface area contributed by atoms with Crippen LogP contribution in [-0.4, -0.2) is 41.3 Å². The summed E-state index contributed by atoms with van der Waals surface area (Å²) in [5.74, 6) is 2.29. The number of rotatable bonds is 3. The minimum atomic E-state index is 0.804. The van der Waals surface area contributed by atoms with Crippen LogP contribution >= 0.6 is 24.4 Å². The summed E-state index contributed by atoms with van der Waals surface area (Å²) >= 11 is 6.36. The van der Waals surface area contributed by atoms with Gasteiger partial charge in [-0.05, 0) is 19.9 Å². The quantitative estimate of drug-likeness (QED) is 0.703. The van der Waals surface area contributed by atoms with Gasteiger partial charge in [-0.1, -0.05) is 6.92 Å². The van der Waals surface area contributed by atoms with Crippen LogP contribution in [0, 0.1) is 0 Å². The highest BCUT2D eigenvalue weighted by molar-refractivity contribution is 7.99. The first-order valence-corrected chi connectivity index (χ1v) is 6.35. The summed E-state index contributed by atoms with van der Waals surface area (Å²) in [7, 11) is 2.22. The van der Waals surface area contributed by atoms with Crippen molar-refractivity contribution in [2.75, 3.05) is 25.1 Å². The predicted octanol–water partition coefficient (Wildman–Crippen LogP) is 2.13. The Morgan fingerprint density at radius 3 is 2.75 bits per heavy atom. The highest BCUT2D eigenvalue weighted by Crippen LogP contribution is 2.27. The molecule has 2 unspecified atom stereocenters. The van der Waals surface area contributed by atoms with Crippen LogP contribution in [0.25, 0.3) is 0 Å². The predicted molar refractivity (Wildman–Crippen MR) is 61.4 cm³/mol. The third-order valence-corrected chi connectivity index (χ3v) is 4.14. The smallest absolute Gasteiger partial charge is 0.0184 e. The van der Waals surface area contributed by atoms with Crippen molar-refractivity contribution >= 4 is 24.4 Å². The van der Waals surface area contributed by atoms with E-state index in [1.807, 2.05) is 0 Å². The molecule has 1 fully saturated rings. The highest BCUT2D eigenvalue weighted by atomic mass is 32.2. The molecule has 0 bridgehead atoms. The highest BCUT2D eigenvalue weighted by Gasteiger charge is 2.21. The fourth-order valence-electron chi connectivity index (χ4n) is 1.56. The molecule has 3 heteroatoms. The Morgan fingerprint density at radius 1 is 1.50 bits per heavy atom. The minimum absolute atomic E-state index is 0.804. The van der Waals surface area contributed by atoms with Gasteiger partial charge in [0.2, 0.25) is 0 Å². The van der Waals surface area contributed by atoms with Crippen LogP contribution in [0.3, 0.4) is 0 Å². The molecule has 1 rings (SSSR count). The van der Waals surface area contributed by atoms with Crippen molar-refractivity contribution in [3.8, 4) is 0 Å². The monoisotopic (exact) mass is 205 g/mol. The fourth-order valence-corrected chi connectivity index (χ4v) is 3.15. The molecule has 1 aliphatic heterocycles. The Hall–Kier alpha value is 0.660. The van der Waals surface area contributed by atoms with E-state index in [1.54, 1.807) is 0 Å². The average Bonchev–Trinajstić information content (AvgIpc) is 2.06. The van der Waals surface area contributed by atoms with Gasteiger partial charge >= 0.3 is 0 Å². The third-order valence-electron chi connectivity index (χ3n) is 2.56. The molecule has 0 aromatic heterocycles. The van der Waals surface area contributed by atoms with Crippen LogP contribution in [0.1, 0.15) is 19.8 Å². The van der Waals surface area contributed by atoms with Gasteiger partial charge in [-0.15, -0.1) is 0 Å². The lowest BCUT2D eigenvalue weighted by Crippen LogP contribution is -2.38. The first kappa shape index (κ1) is 10.7. The van der Waals surface area contributed by atoms with E-state index in [9.17, 15) is 0 Å². The second-order valence-corrected chi connectivity index (χ2v) is 5.50. The molecular formula is C9H19NS2. The van der Waals surface area contributed by atoms with Crippen molar-refractivity contribution in [1.29, 1.82) is 0 Å².